The number of nitrogens with zero attached hydrogens (tertiary/aromatic N) is 3. The van der Waals surface area contributed by atoms with E-state index in [4.69, 9.17) is 4.74 Å². The molecule has 7 nitrogen and oxygen atoms in total. The second-order valence-corrected chi connectivity index (χ2v) is 7.40. The van der Waals surface area contributed by atoms with Crippen LogP contribution in [0.3, 0.4) is 0 Å². The van der Waals surface area contributed by atoms with Gasteiger partial charge < -0.3 is 10.1 Å². The Balaban J connectivity index is 1.95. The third-order valence-corrected chi connectivity index (χ3v) is 3.98. The van der Waals surface area contributed by atoms with Gasteiger partial charge in [0.05, 0.1) is 17.8 Å². The Hall–Kier alpha value is -2.26. The van der Waals surface area contributed by atoms with Crippen molar-refractivity contribution >= 4 is 12.0 Å². The molecule has 0 aromatic carbocycles. The van der Waals surface area contributed by atoms with E-state index in [0.29, 0.717) is 6.42 Å². The fraction of sp³-hybridized carbons (Fsp3) is 0.688. The molecule has 10 heteroatoms. The quantitative estimate of drug-likeness (QED) is 0.820. The van der Waals surface area contributed by atoms with Gasteiger partial charge in [-0.2, -0.15) is 19.0 Å². The van der Waals surface area contributed by atoms with Gasteiger partial charge in [-0.15, -0.1) is 0 Å². The van der Waals surface area contributed by atoms with Crippen LogP contribution >= 0.6 is 0 Å². The van der Waals surface area contributed by atoms with Crippen molar-refractivity contribution in [3.8, 4) is 0 Å². The van der Waals surface area contributed by atoms with Crippen molar-refractivity contribution in [1.82, 2.24) is 20.2 Å². The molecule has 1 aromatic rings. The van der Waals surface area contributed by atoms with Crippen LogP contribution in [0.5, 0.6) is 0 Å². The van der Waals surface area contributed by atoms with E-state index in [0.717, 1.165) is 17.1 Å². The van der Waals surface area contributed by atoms with E-state index in [-0.39, 0.29) is 12.8 Å². The number of amides is 2. The van der Waals surface area contributed by atoms with Gasteiger partial charge in [-0.05, 0) is 40.0 Å². The molecule has 1 aliphatic carbocycles. The largest absolute Gasteiger partial charge is 0.444 e. The van der Waals surface area contributed by atoms with Gasteiger partial charge in [-0.3, -0.25) is 9.48 Å². The van der Waals surface area contributed by atoms with Gasteiger partial charge >= 0.3 is 17.9 Å². The predicted octanol–water partition coefficient (Wildman–Crippen LogP) is 2.67. The van der Waals surface area contributed by atoms with Crippen LogP contribution in [-0.2, 0) is 22.5 Å². The van der Waals surface area contributed by atoms with Crippen molar-refractivity contribution in [2.45, 2.75) is 63.6 Å². The number of hydrogen-bond acceptors (Lipinski definition) is 4. The number of halogens is 3. The van der Waals surface area contributed by atoms with E-state index in [9.17, 15) is 22.9 Å². The summed E-state index contributed by atoms with van der Waals surface area (Å²) in [7, 11) is 1.42. The number of hydrogen-bond donors (Lipinski definition) is 1. The van der Waals surface area contributed by atoms with Crippen molar-refractivity contribution in [3.63, 3.8) is 0 Å². The minimum atomic E-state index is -4.01. The summed E-state index contributed by atoms with van der Waals surface area (Å²) >= 11 is 0. The predicted molar refractivity (Wildman–Crippen MR) is 85.9 cm³/mol. The van der Waals surface area contributed by atoms with Crippen LogP contribution < -0.4 is 5.32 Å². The van der Waals surface area contributed by atoms with Crippen LogP contribution in [0.1, 0.15) is 45.6 Å². The summed E-state index contributed by atoms with van der Waals surface area (Å²) < 4.78 is 48.9. The summed E-state index contributed by atoms with van der Waals surface area (Å²) in [5.41, 5.74) is -1.36. The lowest BCUT2D eigenvalue weighted by atomic mass is 10.1. The minimum Gasteiger partial charge on any atom is -0.444 e. The van der Waals surface area contributed by atoms with E-state index in [1.165, 1.54) is 7.05 Å². The lowest BCUT2D eigenvalue weighted by molar-refractivity contribution is -0.181. The summed E-state index contributed by atoms with van der Waals surface area (Å²) in [6.07, 6.45) is 1.67. The average molecular weight is 376 g/mol. The van der Waals surface area contributed by atoms with Crippen LogP contribution in [-0.4, -0.2) is 44.6 Å². The third-order valence-electron chi connectivity index (χ3n) is 3.98. The smallest absolute Gasteiger partial charge is 0.407 e. The summed E-state index contributed by atoms with van der Waals surface area (Å²) in [5.74, 6) is -5.95. The van der Waals surface area contributed by atoms with Gasteiger partial charge in [-0.1, -0.05) is 4.48 Å². The van der Waals surface area contributed by atoms with Crippen LogP contribution in [0.25, 0.3) is 0 Å². The molecule has 1 saturated carbocycles. The highest BCUT2D eigenvalue weighted by molar-refractivity contribution is 5.84. The van der Waals surface area contributed by atoms with Gasteiger partial charge in [-0.25, -0.2) is 4.79 Å². The van der Waals surface area contributed by atoms with E-state index >= 15 is 0 Å². The lowest BCUT2D eigenvalue weighted by Gasteiger charge is -2.24. The average Bonchev–Trinajstić information content (AvgIpc) is 3.13. The molecule has 2 unspecified atom stereocenters. The molecule has 0 radical (unpaired) electrons. The summed E-state index contributed by atoms with van der Waals surface area (Å²) in [6.45, 7) is 5.10. The zero-order valence-electron chi connectivity index (χ0n) is 15.1. The number of rotatable bonds is 4. The van der Waals surface area contributed by atoms with Crippen LogP contribution in [0.15, 0.2) is 12.4 Å². The monoisotopic (exact) mass is 376 g/mol. The molecule has 1 aromatic heterocycles. The third kappa shape index (κ3) is 4.67. The van der Waals surface area contributed by atoms with Gasteiger partial charge in [0, 0.05) is 19.3 Å². The zero-order chi connectivity index (χ0) is 19.7. The molecule has 1 heterocycles. The number of nitrogens with one attached hydrogen (secondary N) is 1. The SMILES string of the molecule is Cn1cc(C(F)(F)C(=O)N(F)C2CCC(NC(=O)OC(C)(C)C)C2)cn1. The Bertz CT molecular complexity index is 672. The Morgan fingerprint density at radius 1 is 1.35 bits per heavy atom. The van der Waals surface area contributed by atoms with E-state index in [1.807, 2.05) is 0 Å². The summed E-state index contributed by atoms with van der Waals surface area (Å²) in [6, 6.07) is -1.49. The number of aromatic nitrogens is 2. The molecule has 26 heavy (non-hydrogen) atoms. The highest BCUT2D eigenvalue weighted by Crippen LogP contribution is 2.34. The molecule has 2 atom stereocenters. The molecule has 1 fully saturated rings. The number of ether oxygens (including phenoxy) is 1. The summed E-state index contributed by atoms with van der Waals surface area (Å²) in [5, 5.41) is 5.72. The molecule has 2 amide bonds. The first-order valence-electron chi connectivity index (χ1n) is 8.26. The van der Waals surface area contributed by atoms with Gasteiger partial charge in [0.2, 0.25) is 0 Å². The Kier molecular flexibility index (Phi) is 5.52. The number of alkyl halides is 2. The van der Waals surface area contributed by atoms with E-state index < -0.39 is 46.3 Å². The molecular weight excluding hydrogens is 353 g/mol. The fourth-order valence-electron chi connectivity index (χ4n) is 2.78. The second-order valence-electron chi connectivity index (χ2n) is 7.40. The van der Waals surface area contributed by atoms with Gasteiger partial charge in [0.15, 0.2) is 0 Å². The Morgan fingerprint density at radius 3 is 2.54 bits per heavy atom. The first-order valence-corrected chi connectivity index (χ1v) is 8.26. The highest BCUT2D eigenvalue weighted by atomic mass is 19.3. The molecular formula is C16H23F3N4O3. The first kappa shape index (κ1) is 20.1. The lowest BCUT2D eigenvalue weighted by Crippen LogP contribution is -2.43. The van der Waals surface area contributed by atoms with Crippen molar-refractivity contribution in [1.29, 1.82) is 0 Å². The molecule has 0 spiro atoms. The van der Waals surface area contributed by atoms with Crippen LogP contribution in [0.4, 0.5) is 18.1 Å². The van der Waals surface area contributed by atoms with E-state index in [1.54, 1.807) is 20.8 Å². The maximum absolute atomic E-state index is 14.3. The standard InChI is InChI=1S/C16H23F3N4O3/c1-15(2,3)26-14(25)21-11-5-6-12(7-11)23(19)13(24)16(17,18)10-8-20-22(4)9-10/h8-9,11-12H,5-7H2,1-4H3,(H,21,25). The molecule has 1 N–H and O–H groups in total. The van der Waals surface area contributed by atoms with Crippen LogP contribution in [0.2, 0.25) is 0 Å². The maximum Gasteiger partial charge on any atom is 0.407 e. The zero-order valence-corrected chi connectivity index (χ0v) is 15.1. The van der Waals surface area contributed by atoms with Crippen molar-refractivity contribution in [2.75, 3.05) is 0 Å². The van der Waals surface area contributed by atoms with Crippen molar-refractivity contribution < 1.29 is 27.6 Å². The molecule has 0 aliphatic heterocycles. The Labute approximate surface area is 149 Å². The topological polar surface area (TPSA) is 76.5 Å². The number of carbonyl (C=O) groups is 2. The minimum absolute atomic E-state index is 0.0323. The fourth-order valence-corrected chi connectivity index (χ4v) is 2.78. The highest BCUT2D eigenvalue weighted by Gasteiger charge is 2.48. The van der Waals surface area contributed by atoms with Gasteiger partial charge in [0.25, 0.3) is 0 Å². The molecule has 0 saturated heterocycles. The Morgan fingerprint density at radius 2 is 2.00 bits per heavy atom. The maximum atomic E-state index is 14.3. The van der Waals surface area contributed by atoms with Gasteiger partial charge in [0.1, 0.15) is 5.60 Å². The van der Waals surface area contributed by atoms with E-state index in [2.05, 4.69) is 10.4 Å². The normalized spacial score (nSPS) is 20.7. The first-order chi connectivity index (χ1) is 11.9. The molecule has 0 bridgehead atoms. The number of alkyl carbamates (subject to hydrolysis) is 1. The summed E-state index contributed by atoms with van der Waals surface area (Å²) in [4.78, 5) is 23.7. The van der Waals surface area contributed by atoms with Crippen molar-refractivity contribution in [3.05, 3.63) is 18.0 Å². The van der Waals surface area contributed by atoms with Crippen LogP contribution in [0, 0.1) is 0 Å². The molecule has 2 rings (SSSR count). The van der Waals surface area contributed by atoms with Crippen molar-refractivity contribution in [2.24, 2.45) is 7.05 Å². The number of aryl methyl sites for hydroxylation is 1. The number of carbonyl (C=O) groups excluding carboxylic acids is 2. The second kappa shape index (κ2) is 7.16. The molecule has 146 valence electrons. The molecule has 1 aliphatic rings.